The summed E-state index contributed by atoms with van der Waals surface area (Å²) in [4.78, 5) is 0. The molecule has 12 heteroatoms. The molecule has 0 fully saturated rings. The van der Waals surface area contributed by atoms with Gasteiger partial charge < -0.3 is 4.13 Å². The average Bonchev–Trinajstić information content (AvgIpc) is 1.80. The molecule has 0 radical (unpaired) electrons. The van der Waals surface area contributed by atoms with Crippen molar-refractivity contribution in [1.82, 2.24) is 4.31 Å². The predicted molar refractivity (Wildman–Crippen MR) is 40.9 cm³/mol. The van der Waals surface area contributed by atoms with Crippen LogP contribution in [0.5, 0.6) is 0 Å². The van der Waals surface area contributed by atoms with E-state index in [2.05, 4.69) is 0 Å². The van der Waals surface area contributed by atoms with Crippen LogP contribution in [0.1, 0.15) is 0 Å². The number of alkyl halides is 3. The Kier molecular flexibility index (Phi) is 6.57. The normalized spacial score (nSPS) is 13.7. The molecular weight excluding hydrogens is 388 g/mol. The second-order valence-corrected chi connectivity index (χ2v) is 5.89. The third kappa shape index (κ3) is 5.11. The molecule has 0 heterocycles. The molecule has 0 aromatic carbocycles. The van der Waals surface area contributed by atoms with Crippen molar-refractivity contribution in [3.63, 3.8) is 0 Å². The molecule has 0 aliphatic heterocycles. The van der Waals surface area contributed by atoms with Crippen LogP contribution < -0.4 is 0 Å². The Morgan fingerprint density at radius 1 is 1.07 bits per heavy atom. The quantitative estimate of drug-likeness (QED) is 0.676. The molecule has 0 rings (SSSR count). The van der Waals surface area contributed by atoms with Crippen LogP contribution in [0.4, 0.5) is 13.2 Å². The van der Waals surface area contributed by atoms with E-state index in [1.54, 1.807) is 4.13 Å². The molecule has 15 heavy (non-hydrogen) atoms. The summed E-state index contributed by atoms with van der Waals surface area (Å²) in [6, 6.07) is 0. The zero-order chi connectivity index (χ0) is 11.8. The van der Waals surface area contributed by atoms with Crippen LogP contribution in [0.3, 0.4) is 0 Å². The van der Waals surface area contributed by atoms with Crippen LogP contribution in [0, 0.1) is 35.6 Å². The Hall–Kier alpha value is 0.805. The summed E-state index contributed by atoms with van der Waals surface area (Å²) < 4.78 is 78.9. The summed E-state index contributed by atoms with van der Waals surface area (Å²) >= 11 is 0. The summed E-state index contributed by atoms with van der Waals surface area (Å²) in [6.07, 6.45) is 0. The molecule has 0 unspecified atom stereocenters. The first kappa shape index (κ1) is 18.2. The summed E-state index contributed by atoms with van der Waals surface area (Å²) in [5.74, 6) is 0. The Morgan fingerprint density at radius 3 is 1.60 bits per heavy atom. The first-order chi connectivity index (χ1) is 5.90. The zero-order valence-corrected chi connectivity index (χ0v) is 12.8. The number of hydrogen-bond donors (Lipinski definition) is 0. The minimum Gasteiger partial charge on any atom is -0.415 e. The number of halogens is 3. The Bertz CT molecular complexity index is 399. The van der Waals surface area contributed by atoms with Gasteiger partial charge in [0.2, 0.25) is 0 Å². The van der Waals surface area contributed by atoms with Gasteiger partial charge in [0.05, 0.1) is 0 Å². The first-order valence-electron chi connectivity index (χ1n) is 2.88. The predicted octanol–water partition coefficient (Wildman–Crippen LogP) is 0.0161. The third-order valence-corrected chi connectivity index (χ3v) is 3.99. The number of nitrogens with zero attached hydrogens (tertiary/aromatic N) is 2. The van der Waals surface area contributed by atoms with E-state index in [-0.39, 0.29) is 39.9 Å². The summed E-state index contributed by atoms with van der Waals surface area (Å²) in [5, 5.41) is 0. The molecule has 0 bridgehead atoms. The van der Waals surface area contributed by atoms with Gasteiger partial charge in [-0.3, -0.25) is 0 Å². The molecule has 0 aliphatic rings. The standard InChI is InChI=1S/C3H6F3N2O4S2.La/c1-8(2)14(11,12)7-13(9,10)3(4,5)6;/h1-2H3;/q-1;+3. The van der Waals surface area contributed by atoms with Gasteiger partial charge in [0, 0.05) is 14.1 Å². The monoisotopic (exact) mass is 394 g/mol. The topological polar surface area (TPSA) is 85.6 Å². The maximum absolute atomic E-state index is 11.7. The van der Waals surface area contributed by atoms with E-state index in [4.69, 9.17) is 0 Å². The minimum atomic E-state index is -6.01. The number of rotatable bonds is 3. The van der Waals surface area contributed by atoms with Gasteiger partial charge in [0.1, 0.15) is 10.2 Å². The van der Waals surface area contributed by atoms with E-state index in [1.807, 2.05) is 0 Å². The summed E-state index contributed by atoms with van der Waals surface area (Å²) in [6.45, 7) is 0. The van der Waals surface area contributed by atoms with Crippen molar-refractivity contribution in [2.75, 3.05) is 14.1 Å². The van der Waals surface area contributed by atoms with Crippen LogP contribution >= 0.6 is 0 Å². The largest absolute Gasteiger partial charge is 3.00 e. The maximum atomic E-state index is 11.7. The average molecular weight is 394 g/mol. The molecular formula is C3H6F3LaN2O4S2+2. The number of hydrogen-bond acceptors (Lipinski definition) is 4. The van der Waals surface area contributed by atoms with Crippen molar-refractivity contribution >= 4 is 20.2 Å². The van der Waals surface area contributed by atoms with Crippen LogP contribution in [-0.2, 0) is 20.2 Å². The van der Waals surface area contributed by atoms with Gasteiger partial charge in [-0.05, 0) is 0 Å². The van der Waals surface area contributed by atoms with Crippen molar-refractivity contribution in [3.8, 4) is 0 Å². The molecule has 86 valence electrons. The molecule has 0 N–H and O–H groups in total. The van der Waals surface area contributed by atoms with Gasteiger partial charge in [-0.25, -0.2) is 21.1 Å². The molecule has 6 nitrogen and oxygen atoms in total. The molecule has 0 spiro atoms. The van der Waals surface area contributed by atoms with Gasteiger partial charge >= 0.3 is 41.1 Å². The Balaban J connectivity index is 0. The van der Waals surface area contributed by atoms with E-state index < -0.39 is 25.7 Å². The first-order valence-corrected chi connectivity index (χ1v) is 5.72. The van der Waals surface area contributed by atoms with Gasteiger partial charge in [-0.2, -0.15) is 13.2 Å². The second-order valence-electron chi connectivity index (χ2n) is 2.26. The molecule has 0 aromatic rings. The summed E-state index contributed by atoms with van der Waals surface area (Å²) in [5.41, 5.74) is -5.71. The zero-order valence-electron chi connectivity index (χ0n) is 7.56. The fourth-order valence-corrected chi connectivity index (χ4v) is 2.10. The number of sulfonamides is 1. The molecule has 0 aromatic heterocycles. The van der Waals surface area contributed by atoms with Crippen molar-refractivity contribution in [3.05, 3.63) is 4.13 Å². The van der Waals surface area contributed by atoms with Crippen LogP contribution in [-0.4, -0.2) is 40.7 Å². The van der Waals surface area contributed by atoms with Crippen molar-refractivity contribution in [1.29, 1.82) is 0 Å². The Labute approximate surface area is 113 Å². The fourth-order valence-electron chi connectivity index (χ4n) is 0.233. The maximum Gasteiger partial charge on any atom is 3.00 e. The van der Waals surface area contributed by atoms with Crippen LogP contribution in [0.25, 0.3) is 4.13 Å². The summed E-state index contributed by atoms with van der Waals surface area (Å²) in [7, 11) is -9.09. The molecule has 0 amide bonds. The van der Waals surface area contributed by atoms with Crippen molar-refractivity contribution in [2.45, 2.75) is 5.51 Å². The molecule has 0 aliphatic carbocycles. The smallest absolute Gasteiger partial charge is 0.415 e. The van der Waals surface area contributed by atoms with E-state index in [9.17, 15) is 30.0 Å². The van der Waals surface area contributed by atoms with E-state index in [1.165, 1.54) is 0 Å². The van der Waals surface area contributed by atoms with Crippen molar-refractivity contribution in [2.24, 2.45) is 0 Å². The van der Waals surface area contributed by atoms with Crippen LogP contribution in [0.15, 0.2) is 0 Å². The van der Waals surface area contributed by atoms with Gasteiger partial charge in [0.15, 0.2) is 10.0 Å². The molecule has 0 saturated carbocycles. The minimum absolute atomic E-state index is 0. The Morgan fingerprint density at radius 2 is 1.40 bits per heavy atom. The van der Waals surface area contributed by atoms with E-state index >= 15 is 0 Å². The van der Waals surface area contributed by atoms with Gasteiger partial charge in [-0.15, -0.1) is 0 Å². The van der Waals surface area contributed by atoms with E-state index in [0.29, 0.717) is 0 Å². The molecule has 0 saturated heterocycles. The fraction of sp³-hybridized carbons (Fsp3) is 1.00. The van der Waals surface area contributed by atoms with Crippen molar-refractivity contribution < 1.29 is 65.6 Å². The second kappa shape index (κ2) is 5.43. The van der Waals surface area contributed by atoms with Gasteiger partial charge in [0.25, 0.3) is 0 Å². The van der Waals surface area contributed by atoms with E-state index in [0.717, 1.165) is 14.1 Å². The SMILES string of the molecule is CN(C)S(=O)(=O)[N-]S(=O)(=O)C(F)(F)F.[La+3]. The van der Waals surface area contributed by atoms with Gasteiger partial charge in [-0.1, -0.05) is 0 Å². The van der Waals surface area contributed by atoms with Crippen LogP contribution in [0.2, 0.25) is 0 Å². The third-order valence-electron chi connectivity index (χ3n) is 0.946. The molecule has 0 atom stereocenters.